The number of benzene rings is 1. The van der Waals surface area contributed by atoms with Crippen LogP contribution in [-0.4, -0.2) is 15.9 Å². The van der Waals surface area contributed by atoms with Gasteiger partial charge in [0.05, 0.1) is 10.2 Å². The molecule has 2 aromatic heterocycles. The standard InChI is InChI=1S/C16H17N3S2/c17-16-18-14-4-1-11(7-15(14)21-16)8-19(13-2-3-13)9-12-5-6-20-10-12/h1,4-7,10,13H,2-3,8-9H2,(H2,17,18). The van der Waals surface area contributed by atoms with Crippen LogP contribution < -0.4 is 5.73 Å². The van der Waals surface area contributed by atoms with Crippen molar-refractivity contribution in [2.75, 3.05) is 5.73 Å². The van der Waals surface area contributed by atoms with Gasteiger partial charge in [-0.05, 0) is 52.9 Å². The van der Waals surface area contributed by atoms with Crippen LogP contribution in [0.4, 0.5) is 5.13 Å². The number of nitrogen functional groups attached to an aromatic ring is 1. The second-order valence-corrected chi connectivity index (χ2v) is 7.46. The van der Waals surface area contributed by atoms with Gasteiger partial charge in [-0.15, -0.1) is 0 Å². The Hall–Kier alpha value is -1.43. The molecule has 0 aliphatic heterocycles. The summed E-state index contributed by atoms with van der Waals surface area (Å²) in [4.78, 5) is 6.92. The monoisotopic (exact) mass is 315 g/mol. The number of aromatic nitrogens is 1. The molecule has 5 heteroatoms. The first kappa shape index (κ1) is 13.2. The first-order valence-electron chi connectivity index (χ1n) is 7.18. The maximum Gasteiger partial charge on any atom is 0.181 e. The molecule has 0 spiro atoms. The minimum Gasteiger partial charge on any atom is -0.375 e. The predicted molar refractivity (Wildman–Crippen MR) is 90.6 cm³/mol. The SMILES string of the molecule is Nc1nc2ccc(CN(Cc3ccsc3)C3CC3)cc2s1. The minimum atomic E-state index is 0.652. The normalized spacial score (nSPS) is 15.1. The summed E-state index contributed by atoms with van der Waals surface area (Å²) >= 11 is 3.35. The zero-order valence-corrected chi connectivity index (χ0v) is 13.3. The zero-order chi connectivity index (χ0) is 14.2. The summed E-state index contributed by atoms with van der Waals surface area (Å²) in [6.07, 6.45) is 2.67. The highest BCUT2D eigenvalue weighted by Gasteiger charge is 2.29. The van der Waals surface area contributed by atoms with E-state index in [9.17, 15) is 0 Å². The number of nitrogens with zero attached hydrogens (tertiary/aromatic N) is 2. The van der Waals surface area contributed by atoms with Gasteiger partial charge in [0.2, 0.25) is 0 Å². The molecule has 1 fully saturated rings. The number of nitrogens with two attached hydrogens (primary N) is 1. The van der Waals surface area contributed by atoms with Gasteiger partial charge in [0.15, 0.2) is 5.13 Å². The quantitative estimate of drug-likeness (QED) is 0.770. The Kier molecular flexibility index (Phi) is 3.41. The van der Waals surface area contributed by atoms with Crippen LogP contribution in [-0.2, 0) is 13.1 Å². The number of rotatable bonds is 5. The number of anilines is 1. The maximum atomic E-state index is 5.79. The molecule has 2 heterocycles. The molecule has 1 saturated carbocycles. The zero-order valence-electron chi connectivity index (χ0n) is 11.7. The first-order valence-corrected chi connectivity index (χ1v) is 8.94. The lowest BCUT2D eigenvalue weighted by molar-refractivity contribution is 0.246. The third-order valence-electron chi connectivity index (χ3n) is 3.88. The highest BCUT2D eigenvalue weighted by Crippen LogP contribution is 2.31. The Morgan fingerprint density at radius 2 is 2.05 bits per heavy atom. The molecule has 3 nitrogen and oxygen atoms in total. The smallest absolute Gasteiger partial charge is 0.181 e. The lowest BCUT2D eigenvalue weighted by Gasteiger charge is -2.21. The number of fused-ring (bicyclic) bond motifs is 1. The molecule has 0 unspecified atom stereocenters. The molecule has 1 aromatic carbocycles. The fourth-order valence-electron chi connectivity index (χ4n) is 2.69. The maximum absolute atomic E-state index is 5.79. The Bertz CT molecular complexity index is 744. The molecule has 108 valence electrons. The summed E-state index contributed by atoms with van der Waals surface area (Å²) in [6, 6.07) is 9.50. The van der Waals surface area contributed by atoms with E-state index in [1.807, 2.05) is 0 Å². The summed E-state index contributed by atoms with van der Waals surface area (Å²) in [6.45, 7) is 2.06. The first-order chi connectivity index (χ1) is 10.3. The summed E-state index contributed by atoms with van der Waals surface area (Å²) in [7, 11) is 0. The highest BCUT2D eigenvalue weighted by atomic mass is 32.1. The van der Waals surface area contributed by atoms with Crippen molar-refractivity contribution in [1.82, 2.24) is 9.88 Å². The van der Waals surface area contributed by atoms with Crippen LogP contribution in [0.15, 0.2) is 35.0 Å². The Labute approximate surface area is 132 Å². The molecule has 0 radical (unpaired) electrons. The van der Waals surface area contributed by atoms with Crippen molar-refractivity contribution in [2.45, 2.75) is 32.0 Å². The van der Waals surface area contributed by atoms with Crippen molar-refractivity contribution in [3.63, 3.8) is 0 Å². The van der Waals surface area contributed by atoms with Gasteiger partial charge < -0.3 is 5.73 Å². The van der Waals surface area contributed by atoms with E-state index in [0.29, 0.717) is 5.13 Å². The molecule has 0 amide bonds. The van der Waals surface area contributed by atoms with Crippen LogP contribution >= 0.6 is 22.7 Å². The number of thiazole rings is 1. The highest BCUT2D eigenvalue weighted by molar-refractivity contribution is 7.22. The molecular formula is C16H17N3S2. The van der Waals surface area contributed by atoms with E-state index in [2.05, 4.69) is 44.9 Å². The van der Waals surface area contributed by atoms with Gasteiger partial charge in [-0.2, -0.15) is 11.3 Å². The van der Waals surface area contributed by atoms with Gasteiger partial charge >= 0.3 is 0 Å². The molecule has 0 atom stereocenters. The van der Waals surface area contributed by atoms with Gasteiger partial charge in [0, 0.05) is 19.1 Å². The predicted octanol–water partition coefficient (Wildman–Crippen LogP) is 4.10. The number of thiophene rings is 1. The lowest BCUT2D eigenvalue weighted by atomic mass is 10.2. The van der Waals surface area contributed by atoms with Gasteiger partial charge in [0.25, 0.3) is 0 Å². The molecule has 3 aromatic rings. The summed E-state index contributed by atoms with van der Waals surface area (Å²) in [5.74, 6) is 0. The van der Waals surface area contributed by atoms with Crippen molar-refractivity contribution in [3.05, 3.63) is 46.2 Å². The van der Waals surface area contributed by atoms with E-state index >= 15 is 0 Å². The largest absolute Gasteiger partial charge is 0.375 e. The van der Waals surface area contributed by atoms with Gasteiger partial charge in [-0.25, -0.2) is 4.98 Å². The lowest BCUT2D eigenvalue weighted by Crippen LogP contribution is -2.24. The Morgan fingerprint density at radius 3 is 2.81 bits per heavy atom. The van der Waals surface area contributed by atoms with E-state index in [1.165, 1.54) is 28.7 Å². The molecular weight excluding hydrogens is 298 g/mol. The van der Waals surface area contributed by atoms with E-state index < -0.39 is 0 Å². The summed E-state index contributed by atoms with van der Waals surface area (Å²) in [5.41, 5.74) is 9.58. The molecule has 21 heavy (non-hydrogen) atoms. The summed E-state index contributed by atoms with van der Waals surface area (Å²) in [5, 5.41) is 5.06. The molecule has 0 bridgehead atoms. The number of hydrogen-bond acceptors (Lipinski definition) is 5. The topological polar surface area (TPSA) is 42.1 Å². The van der Waals surface area contributed by atoms with Gasteiger partial charge in [-0.3, -0.25) is 4.90 Å². The van der Waals surface area contributed by atoms with Crippen LogP contribution in [0.1, 0.15) is 24.0 Å². The van der Waals surface area contributed by atoms with Crippen LogP contribution in [0.3, 0.4) is 0 Å². The third kappa shape index (κ3) is 2.95. The Balaban J connectivity index is 1.55. The van der Waals surface area contributed by atoms with Crippen molar-refractivity contribution < 1.29 is 0 Å². The van der Waals surface area contributed by atoms with Crippen LogP contribution in [0, 0.1) is 0 Å². The summed E-state index contributed by atoms with van der Waals surface area (Å²) < 4.78 is 1.19. The van der Waals surface area contributed by atoms with Gasteiger partial charge in [-0.1, -0.05) is 17.4 Å². The molecule has 0 saturated heterocycles. The van der Waals surface area contributed by atoms with Crippen LogP contribution in [0.2, 0.25) is 0 Å². The minimum absolute atomic E-state index is 0.652. The second kappa shape index (κ2) is 5.40. The fourth-order valence-corrected chi connectivity index (χ4v) is 4.15. The molecule has 2 N–H and O–H groups in total. The number of hydrogen-bond donors (Lipinski definition) is 1. The average molecular weight is 315 g/mol. The third-order valence-corrected chi connectivity index (χ3v) is 5.46. The van der Waals surface area contributed by atoms with Crippen LogP contribution in [0.25, 0.3) is 10.2 Å². The van der Waals surface area contributed by atoms with E-state index in [4.69, 9.17) is 5.73 Å². The molecule has 4 rings (SSSR count). The van der Waals surface area contributed by atoms with Crippen molar-refractivity contribution >= 4 is 38.0 Å². The van der Waals surface area contributed by atoms with E-state index in [0.717, 1.165) is 24.6 Å². The average Bonchev–Trinajstić information content (AvgIpc) is 3.06. The van der Waals surface area contributed by atoms with Crippen molar-refractivity contribution in [2.24, 2.45) is 0 Å². The van der Waals surface area contributed by atoms with E-state index in [1.54, 1.807) is 22.7 Å². The van der Waals surface area contributed by atoms with Crippen molar-refractivity contribution in [1.29, 1.82) is 0 Å². The Morgan fingerprint density at radius 1 is 1.19 bits per heavy atom. The molecule has 1 aliphatic carbocycles. The van der Waals surface area contributed by atoms with Crippen molar-refractivity contribution in [3.8, 4) is 0 Å². The van der Waals surface area contributed by atoms with Gasteiger partial charge in [0.1, 0.15) is 0 Å². The van der Waals surface area contributed by atoms with Crippen LogP contribution in [0.5, 0.6) is 0 Å². The fraction of sp³-hybridized carbons (Fsp3) is 0.312. The molecule has 1 aliphatic rings. The van der Waals surface area contributed by atoms with E-state index in [-0.39, 0.29) is 0 Å². The second-order valence-electron chi connectivity index (χ2n) is 5.62.